The highest BCUT2D eigenvalue weighted by atomic mass is 32.2. The highest BCUT2D eigenvalue weighted by Gasteiger charge is 2.25. The molecule has 0 radical (unpaired) electrons. The van der Waals surface area contributed by atoms with E-state index in [1.807, 2.05) is 12.3 Å². The maximum Gasteiger partial charge on any atom is 0.290 e. The number of amides is 2. The molecule has 1 N–H and O–H groups in total. The zero-order valence-electron chi connectivity index (χ0n) is 19.2. The molecular formula is C25H28N6O2S. The number of piperazine rings is 1. The van der Waals surface area contributed by atoms with E-state index in [2.05, 4.69) is 56.4 Å². The minimum Gasteiger partial charge on any atom is -0.369 e. The molecule has 1 aromatic carbocycles. The van der Waals surface area contributed by atoms with Gasteiger partial charge < -0.3 is 4.90 Å². The van der Waals surface area contributed by atoms with Gasteiger partial charge in [-0.25, -0.2) is 9.50 Å². The van der Waals surface area contributed by atoms with Gasteiger partial charge in [0, 0.05) is 37.4 Å². The van der Waals surface area contributed by atoms with Gasteiger partial charge in [0.1, 0.15) is 0 Å². The normalized spacial score (nSPS) is 18.3. The highest BCUT2D eigenvalue weighted by Crippen LogP contribution is 2.27. The van der Waals surface area contributed by atoms with Crippen LogP contribution >= 0.6 is 11.8 Å². The molecule has 2 aliphatic heterocycles. The predicted molar refractivity (Wildman–Crippen MR) is 136 cm³/mol. The molecule has 2 fully saturated rings. The molecule has 2 aliphatic rings. The van der Waals surface area contributed by atoms with Crippen molar-refractivity contribution in [3.05, 3.63) is 53.2 Å². The second kappa shape index (κ2) is 9.99. The van der Waals surface area contributed by atoms with Gasteiger partial charge in [0.15, 0.2) is 5.65 Å². The summed E-state index contributed by atoms with van der Waals surface area (Å²) in [6, 6.07) is 12.2. The molecule has 0 spiro atoms. The van der Waals surface area contributed by atoms with Gasteiger partial charge in [-0.05, 0) is 55.1 Å². The minimum absolute atomic E-state index is 0.341. The zero-order valence-corrected chi connectivity index (χ0v) is 20.1. The molecule has 4 heterocycles. The van der Waals surface area contributed by atoms with Gasteiger partial charge in [-0.1, -0.05) is 31.9 Å². The van der Waals surface area contributed by atoms with Crippen molar-refractivity contribution in [2.75, 3.05) is 37.6 Å². The van der Waals surface area contributed by atoms with Crippen molar-refractivity contribution < 1.29 is 9.59 Å². The van der Waals surface area contributed by atoms with Crippen LogP contribution in [0.5, 0.6) is 0 Å². The Balaban J connectivity index is 1.30. The van der Waals surface area contributed by atoms with Gasteiger partial charge in [0.2, 0.25) is 0 Å². The number of fused-ring (bicyclic) bond motifs is 1. The Morgan fingerprint density at radius 3 is 2.53 bits per heavy atom. The van der Waals surface area contributed by atoms with E-state index >= 15 is 0 Å². The Labute approximate surface area is 203 Å². The summed E-state index contributed by atoms with van der Waals surface area (Å²) < 4.78 is 1.77. The largest absolute Gasteiger partial charge is 0.369 e. The number of hydrogen-bond acceptors (Lipinski definition) is 7. The van der Waals surface area contributed by atoms with E-state index in [0.29, 0.717) is 10.6 Å². The summed E-state index contributed by atoms with van der Waals surface area (Å²) in [5.41, 5.74) is 4.45. The third-order valence-electron chi connectivity index (χ3n) is 6.28. The summed E-state index contributed by atoms with van der Waals surface area (Å²) in [4.78, 5) is 33.1. The topological polar surface area (TPSA) is 82.8 Å². The molecule has 0 aliphatic carbocycles. The summed E-state index contributed by atoms with van der Waals surface area (Å²) in [6.07, 6.45) is 7.31. The molecule has 0 bridgehead atoms. The Morgan fingerprint density at radius 2 is 1.82 bits per heavy atom. The summed E-state index contributed by atoms with van der Waals surface area (Å²) in [7, 11) is 0. The van der Waals surface area contributed by atoms with Crippen LogP contribution in [0.2, 0.25) is 0 Å². The fourth-order valence-electron chi connectivity index (χ4n) is 4.37. The van der Waals surface area contributed by atoms with Crippen molar-refractivity contribution >= 4 is 40.3 Å². The second-order valence-electron chi connectivity index (χ2n) is 8.61. The maximum absolute atomic E-state index is 11.9. The SMILES string of the molecule is CCCCCN1CCN(c2ccc(-c3cnc4ccc(/C=C5\SC(=O)NC5=O)nn34)cc2)CC1. The lowest BCUT2D eigenvalue weighted by Crippen LogP contribution is -2.46. The van der Waals surface area contributed by atoms with Crippen molar-refractivity contribution in [3.63, 3.8) is 0 Å². The fourth-order valence-corrected chi connectivity index (χ4v) is 5.04. The van der Waals surface area contributed by atoms with Gasteiger partial charge in [-0.15, -0.1) is 0 Å². The molecule has 0 unspecified atom stereocenters. The first-order valence-electron chi connectivity index (χ1n) is 11.8. The van der Waals surface area contributed by atoms with Gasteiger partial charge >= 0.3 is 0 Å². The van der Waals surface area contributed by atoms with Crippen molar-refractivity contribution in [1.29, 1.82) is 0 Å². The number of imide groups is 1. The summed E-state index contributed by atoms with van der Waals surface area (Å²) in [5.74, 6) is -0.389. The van der Waals surface area contributed by atoms with Crippen LogP contribution in [0.1, 0.15) is 31.9 Å². The number of carbonyl (C=O) groups is 2. The molecule has 8 nitrogen and oxygen atoms in total. The van der Waals surface area contributed by atoms with E-state index < -0.39 is 0 Å². The molecule has 2 saturated heterocycles. The summed E-state index contributed by atoms with van der Waals surface area (Å²) in [5, 5.41) is 6.55. The number of anilines is 1. The Hall–Kier alpha value is -3.17. The van der Waals surface area contributed by atoms with Gasteiger partial charge in [-0.3, -0.25) is 19.8 Å². The first-order chi connectivity index (χ1) is 16.6. The molecule has 0 saturated carbocycles. The Morgan fingerprint density at radius 1 is 1.03 bits per heavy atom. The van der Waals surface area contributed by atoms with E-state index in [1.165, 1.54) is 31.5 Å². The Bertz CT molecular complexity index is 1230. The average Bonchev–Trinajstić information content (AvgIpc) is 3.41. The lowest BCUT2D eigenvalue weighted by atomic mass is 10.1. The molecule has 2 aromatic heterocycles. The molecule has 176 valence electrons. The first-order valence-corrected chi connectivity index (χ1v) is 12.6. The minimum atomic E-state index is -0.389. The van der Waals surface area contributed by atoms with Gasteiger partial charge in [0.05, 0.1) is 22.5 Å². The summed E-state index contributed by atoms with van der Waals surface area (Å²) >= 11 is 0.885. The number of nitrogens with one attached hydrogen (secondary N) is 1. The number of carbonyl (C=O) groups excluding carboxylic acids is 2. The molecule has 34 heavy (non-hydrogen) atoms. The van der Waals surface area contributed by atoms with E-state index in [-0.39, 0.29) is 11.1 Å². The monoisotopic (exact) mass is 476 g/mol. The van der Waals surface area contributed by atoms with Crippen LogP contribution in [0, 0.1) is 0 Å². The van der Waals surface area contributed by atoms with Gasteiger partial charge in [-0.2, -0.15) is 5.10 Å². The summed E-state index contributed by atoms with van der Waals surface area (Å²) in [6.45, 7) is 7.79. The van der Waals surface area contributed by atoms with Crippen LogP contribution < -0.4 is 10.2 Å². The van der Waals surface area contributed by atoms with E-state index in [9.17, 15) is 9.59 Å². The molecule has 5 rings (SSSR count). The smallest absolute Gasteiger partial charge is 0.290 e. The third kappa shape index (κ3) is 4.85. The van der Waals surface area contributed by atoms with Crippen molar-refractivity contribution in [3.8, 4) is 11.3 Å². The molecule has 9 heteroatoms. The van der Waals surface area contributed by atoms with Crippen LogP contribution in [-0.4, -0.2) is 63.4 Å². The van der Waals surface area contributed by atoms with Crippen molar-refractivity contribution in [2.45, 2.75) is 26.2 Å². The number of hydrogen-bond donors (Lipinski definition) is 1. The van der Waals surface area contributed by atoms with Crippen LogP contribution in [0.25, 0.3) is 23.0 Å². The van der Waals surface area contributed by atoms with Crippen LogP contribution in [0.15, 0.2) is 47.5 Å². The maximum atomic E-state index is 11.9. The quantitative estimate of drug-likeness (QED) is 0.407. The number of nitrogens with zero attached hydrogens (tertiary/aromatic N) is 5. The molecule has 3 aromatic rings. The number of rotatable bonds is 7. The number of unbranched alkanes of at least 4 members (excludes halogenated alkanes) is 2. The van der Waals surface area contributed by atoms with E-state index in [0.717, 1.165) is 54.8 Å². The van der Waals surface area contributed by atoms with Crippen LogP contribution in [0.3, 0.4) is 0 Å². The average molecular weight is 477 g/mol. The standard InChI is InChI=1S/C25H28N6O2S/c1-2-3-4-11-29-12-14-30(15-13-29)20-8-5-18(6-9-20)21-17-26-23-10-7-19(28-31(21)23)16-22-24(32)27-25(33)34-22/h5-10,16-17H,2-4,11-15H2,1H3,(H,27,32,33)/b22-16-. The second-order valence-corrected chi connectivity index (χ2v) is 9.62. The molecular weight excluding hydrogens is 448 g/mol. The number of thioether (sulfide) groups is 1. The number of aromatic nitrogens is 3. The Kier molecular flexibility index (Phi) is 6.64. The van der Waals surface area contributed by atoms with E-state index in [1.54, 1.807) is 16.7 Å². The predicted octanol–water partition coefficient (Wildman–Crippen LogP) is 4.03. The van der Waals surface area contributed by atoms with E-state index in [4.69, 9.17) is 0 Å². The van der Waals surface area contributed by atoms with Crippen molar-refractivity contribution in [2.24, 2.45) is 0 Å². The van der Waals surface area contributed by atoms with Crippen LogP contribution in [0.4, 0.5) is 10.5 Å². The molecule has 0 atom stereocenters. The van der Waals surface area contributed by atoms with Crippen molar-refractivity contribution in [1.82, 2.24) is 24.8 Å². The highest BCUT2D eigenvalue weighted by molar-refractivity contribution is 8.18. The third-order valence-corrected chi connectivity index (χ3v) is 7.09. The molecule has 2 amide bonds. The number of imidazole rings is 1. The lowest BCUT2D eigenvalue weighted by molar-refractivity contribution is -0.115. The van der Waals surface area contributed by atoms with Gasteiger partial charge in [0.25, 0.3) is 11.1 Å². The lowest BCUT2D eigenvalue weighted by Gasteiger charge is -2.36. The van der Waals surface area contributed by atoms with Crippen LogP contribution in [-0.2, 0) is 4.79 Å². The first kappa shape index (κ1) is 22.6. The fraction of sp³-hybridized carbons (Fsp3) is 0.360. The number of benzene rings is 1. The zero-order chi connectivity index (χ0) is 23.5.